The zero-order chi connectivity index (χ0) is 20.2. The Morgan fingerprint density at radius 1 is 1.17 bits per heavy atom. The maximum Gasteiger partial charge on any atom is 0.225 e. The van der Waals surface area contributed by atoms with Crippen LogP contribution in [0.5, 0.6) is 0 Å². The van der Waals surface area contributed by atoms with Crippen LogP contribution < -0.4 is 4.90 Å². The van der Waals surface area contributed by atoms with E-state index >= 15 is 0 Å². The number of fused-ring (bicyclic) bond motifs is 1. The van der Waals surface area contributed by atoms with Crippen molar-refractivity contribution < 1.29 is 9.90 Å². The largest absolute Gasteiger partial charge is 0.396 e. The Bertz CT molecular complexity index is 967. The van der Waals surface area contributed by atoms with Gasteiger partial charge in [-0.1, -0.05) is 6.07 Å². The van der Waals surface area contributed by atoms with Crippen LogP contribution >= 0.6 is 11.3 Å². The van der Waals surface area contributed by atoms with Crippen LogP contribution in [0.3, 0.4) is 0 Å². The predicted molar refractivity (Wildman–Crippen MR) is 115 cm³/mol. The third kappa shape index (κ3) is 4.44. The summed E-state index contributed by atoms with van der Waals surface area (Å²) >= 11 is 1.67. The molecule has 2 aromatic heterocycles. The first-order chi connectivity index (χ1) is 14.2. The first kappa shape index (κ1) is 19.9. The van der Waals surface area contributed by atoms with Gasteiger partial charge in [0, 0.05) is 57.6 Å². The molecule has 152 valence electrons. The van der Waals surface area contributed by atoms with Crippen LogP contribution in [0.2, 0.25) is 0 Å². The molecule has 1 unspecified atom stereocenters. The van der Waals surface area contributed by atoms with Crippen LogP contribution in [0.25, 0.3) is 10.2 Å². The average molecular weight is 412 g/mol. The molecule has 0 amide bonds. The van der Waals surface area contributed by atoms with E-state index in [0.29, 0.717) is 30.4 Å². The lowest BCUT2D eigenvalue weighted by atomic mass is 10.1. The standard InChI is InChI=1S/C21H25N5O2S/c1-15(16-4-5-20-18(11-16)24-14-29-20)25-6-8-26(9-7-25)21-22-12-17(13-23-21)19(28)3-2-10-27/h4-5,11-15,27H,2-3,6-10H2,1H3. The van der Waals surface area contributed by atoms with Gasteiger partial charge < -0.3 is 10.0 Å². The molecule has 1 fully saturated rings. The van der Waals surface area contributed by atoms with Gasteiger partial charge in [0.2, 0.25) is 5.95 Å². The topological polar surface area (TPSA) is 82.5 Å². The summed E-state index contributed by atoms with van der Waals surface area (Å²) in [6, 6.07) is 6.88. The number of thiazole rings is 1. The lowest BCUT2D eigenvalue weighted by Gasteiger charge is -2.38. The van der Waals surface area contributed by atoms with Crippen LogP contribution in [0.4, 0.5) is 5.95 Å². The van der Waals surface area contributed by atoms with E-state index in [1.807, 2.05) is 5.51 Å². The number of carbonyl (C=O) groups is 1. The number of aliphatic hydroxyl groups excluding tert-OH is 1. The van der Waals surface area contributed by atoms with Gasteiger partial charge in [-0.15, -0.1) is 11.3 Å². The van der Waals surface area contributed by atoms with Crippen LogP contribution in [0.1, 0.15) is 41.7 Å². The van der Waals surface area contributed by atoms with Crippen molar-refractivity contribution in [1.29, 1.82) is 0 Å². The molecule has 1 atom stereocenters. The first-order valence-electron chi connectivity index (χ1n) is 9.94. The van der Waals surface area contributed by atoms with Crippen molar-refractivity contribution in [1.82, 2.24) is 19.9 Å². The number of Topliss-reactive ketones (excluding diaryl/α,β-unsaturated/α-hetero) is 1. The number of piperazine rings is 1. The molecule has 3 aromatic rings. The number of ketones is 1. The summed E-state index contributed by atoms with van der Waals surface area (Å²) in [7, 11) is 0. The van der Waals surface area contributed by atoms with Gasteiger partial charge >= 0.3 is 0 Å². The highest BCUT2D eigenvalue weighted by Gasteiger charge is 2.24. The lowest BCUT2D eigenvalue weighted by Crippen LogP contribution is -2.47. The number of carbonyl (C=O) groups excluding carboxylic acids is 1. The maximum atomic E-state index is 12.0. The van der Waals surface area contributed by atoms with E-state index in [-0.39, 0.29) is 12.4 Å². The quantitative estimate of drug-likeness (QED) is 0.599. The smallest absolute Gasteiger partial charge is 0.225 e. The van der Waals surface area contributed by atoms with Crippen molar-refractivity contribution in [3.8, 4) is 0 Å². The Morgan fingerprint density at radius 2 is 1.93 bits per heavy atom. The fourth-order valence-electron chi connectivity index (χ4n) is 3.67. The molecule has 1 saturated heterocycles. The minimum Gasteiger partial charge on any atom is -0.396 e. The zero-order valence-electron chi connectivity index (χ0n) is 16.5. The first-order valence-corrected chi connectivity index (χ1v) is 10.8. The molecule has 0 radical (unpaired) electrons. The van der Waals surface area contributed by atoms with E-state index in [9.17, 15) is 4.79 Å². The van der Waals surface area contributed by atoms with E-state index in [1.54, 1.807) is 23.7 Å². The highest BCUT2D eigenvalue weighted by atomic mass is 32.1. The molecule has 29 heavy (non-hydrogen) atoms. The van der Waals surface area contributed by atoms with Gasteiger partial charge in [0.15, 0.2) is 5.78 Å². The summed E-state index contributed by atoms with van der Waals surface area (Å²) in [5, 5.41) is 8.85. The van der Waals surface area contributed by atoms with Gasteiger partial charge in [-0.25, -0.2) is 15.0 Å². The van der Waals surface area contributed by atoms with Crippen LogP contribution in [0, 0.1) is 0 Å². The fourth-order valence-corrected chi connectivity index (χ4v) is 4.33. The Morgan fingerprint density at radius 3 is 2.66 bits per heavy atom. The number of aromatic nitrogens is 3. The Kier molecular flexibility index (Phi) is 6.13. The summed E-state index contributed by atoms with van der Waals surface area (Å²) < 4.78 is 1.22. The van der Waals surface area contributed by atoms with Gasteiger partial charge in [-0.3, -0.25) is 9.69 Å². The maximum absolute atomic E-state index is 12.0. The molecule has 7 nitrogen and oxygen atoms in total. The summed E-state index contributed by atoms with van der Waals surface area (Å²) in [4.78, 5) is 29.8. The number of anilines is 1. The Hall–Kier alpha value is -2.42. The number of rotatable bonds is 7. The van der Waals surface area contributed by atoms with Crippen molar-refractivity contribution in [2.75, 3.05) is 37.7 Å². The minimum absolute atomic E-state index is 0.0189. The van der Waals surface area contributed by atoms with Crippen LogP contribution in [-0.4, -0.2) is 63.5 Å². The highest BCUT2D eigenvalue weighted by Crippen LogP contribution is 2.27. The summed E-state index contributed by atoms with van der Waals surface area (Å²) in [6.45, 7) is 5.81. The molecule has 1 aliphatic heterocycles. The third-order valence-electron chi connectivity index (χ3n) is 5.50. The van der Waals surface area contributed by atoms with E-state index < -0.39 is 0 Å². The second-order valence-corrected chi connectivity index (χ2v) is 8.19. The van der Waals surface area contributed by atoms with Crippen molar-refractivity contribution in [3.63, 3.8) is 0 Å². The monoisotopic (exact) mass is 411 g/mol. The second kappa shape index (κ2) is 8.94. The lowest BCUT2D eigenvalue weighted by molar-refractivity contribution is 0.0970. The minimum atomic E-state index is -0.0266. The van der Waals surface area contributed by atoms with Crippen molar-refractivity contribution >= 4 is 33.3 Å². The summed E-state index contributed by atoms with van der Waals surface area (Å²) in [5.74, 6) is 0.640. The molecule has 0 spiro atoms. The molecule has 0 saturated carbocycles. The fraction of sp³-hybridized carbons (Fsp3) is 0.429. The number of nitrogens with zero attached hydrogens (tertiary/aromatic N) is 5. The third-order valence-corrected chi connectivity index (χ3v) is 6.31. The molecular formula is C21H25N5O2S. The van der Waals surface area contributed by atoms with E-state index in [0.717, 1.165) is 31.7 Å². The Labute approximate surface area is 174 Å². The summed E-state index contributed by atoms with van der Waals surface area (Å²) in [5.41, 5.74) is 4.76. The van der Waals surface area contributed by atoms with E-state index in [4.69, 9.17) is 5.11 Å². The molecule has 1 N–H and O–H groups in total. The highest BCUT2D eigenvalue weighted by molar-refractivity contribution is 7.16. The molecule has 1 aromatic carbocycles. The van der Waals surface area contributed by atoms with Gasteiger partial charge in [0.25, 0.3) is 0 Å². The molecule has 0 aliphatic carbocycles. The molecule has 4 rings (SSSR count). The van der Waals surface area contributed by atoms with Gasteiger partial charge in [0.05, 0.1) is 21.3 Å². The second-order valence-electron chi connectivity index (χ2n) is 7.30. The molecule has 3 heterocycles. The van der Waals surface area contributed by atoms with Gasteiger partial charge in [0.1, 0.15) is 0 Å². The van der Waals surface area contributed by atoms with E-state index in [2.05, 4.69) is 49.9 Å². The number of hydrogen-bond donors (Lipinski definition) is 1. The average Bonchev–Trinajstić information content (AvgIpc) is 3.25. The van der Waals surface area contributed by atoms with Crippen molar-refractivity contribution in [2.24, 2.45) is 0 Å². The molecular weight excluding hydrogens is 386 g/mol. The van der Waals surface area contributed by atoms with Crippen LogP contribution in [-0.2, 0) is 0 Å². The molecule has 1 aliphatic rings. The van der Waals surface area contributed by atoms with Crippen molar-refractivity contribution in [3.05, 3.63) is 47.2 Å². The van der Waals surface area contributed by atoms with E-state index in [1.165, 1.54) is 10.3 Å². The zero-order valence-corrected chi connectivity index (χ0v) is 17.3. The van der Waals surface area contributed by atoms with Crippen molar-refractivity contribution in [2.45, 2.75) is 25.8 Å². The SMILES string of the molecule is CC(c1ccc2scnc2c1)N1CCN(c2ncc(C(=O)CCCO)cn2)CC1. The number of benzene rings is 1. The Balaban J connectivity index is 1.35. The van der Waals surface area contributed by atoms with Gasteiger partial charge in [-0.2, -0.15) is 0 Å². The molecule has 0 bridgehead atoms. The van der Waals surface area contributed by atoms with Gasteiger partial charge in [-0.05, 0) is 31.0 Å². The normalized spacial score (nSPS) is 16.3. The number of hydrogen-bond acceptors (Lipinski definition) is 8. The number of aliphatic hydroxyl groups is 1. The summed E-state index contributed by atoms with van der Waals surface area (Å²) in [6.07, 6.45) is 3.98. The van der Waals surface area contributed by atoms with Crippen LogP contribution in [0.15, 0.2) is 36.1 Å². The molecule has 8 heteroatoms. The predicted octanol–water partition coefficient (Wildman–Crippen LogP) is 2.92.